The van der Waals surface area contributed by atoms with Gasteiger partial charge in [-0.2, -0.15) is 4.31 Å². The van der Waals surface area contributed by atoms with E-state index in [1.54, 1.807) is 12.1 Å². The second-order valence-electron chi connectivity index (χ2n) is 8.78. The van der Waals surface area contributed by atoms with E-state index in [4.69, 9.17) is 4.98 Å². The summed E-state index contributed by atoms with van der Waals surface area (Å²) in [4.78, 5) is 17.8. The van der Waals surface area contributed by atoms with Gasteiger partial charge in [-0.05, 0) is 48.6 Å². The number of nitrogens with one attached hydrogen (secondary N) is 1. The third-order valence-corrected chi connectivity index (χ3v) is 8.68. The van der Waals surface area contributed by atoms with Crippen molar-refractivity contribution in [3.8, 4) is 0 Å². The van der Waals surface area contributed by atoms with E-state index >= 15 is 0 Å². The highest BCUT2D eigenvalue weighted by Gasteiger charge is 2.25. The molecule has 1 heterocycles. The number of fused-ring (bicyclic) bond motifs is 2. The van der Waals surface area contributed by atoms with E-state index in [2.05, 4.69) is 28.9 Å². The molecule has 182 valence electrons. The van der Waals surface area contributed by atoms with Crippen LogP contribution in [-0.4, -0.2) is 41.3 Å². The molecule has 1 unspecified atom stereocenters. The van der Waals surface area contributed by atoms with Gasteiger partial charge in [-0.15, -0.1) is 0 Å². The number of carbonyl (C=O) groups excluding carboxylic acids is 1. The van der Waals surface area contributed by atoms with Crippen molar-refractivity contribution in [3.05, 3.63) is 59.4 Å². The number of hydrogen-bond acceptors (Lipinski definition) is 4. The maximum Gasteiger partial charge on any atom is 0.243 e. The maximum atomic E-state index is 13.0. The number of imidazole rings is 1. The van der Waals surface area contributed by atoms with E-state index in [0.29, 0.717) is 31.4 Å². The van der Waals surface area contributed by atoms with Crippen LogP contribution >= 0.6 is 0 Å². The molecule has 0 saturated heterocycles. The fraction of sp³-hybridized carbons (Fsp3) is 0.462. The number of nitrogens with zero attached hydrogens (tertiary/aromatic N) is 3. The molecule has 2 aromatic carbocycles. The minimum atomic E-state index is -3.55. The highest BCUT2D eigenvalue weighted by Crippen LogP contribution is 2.31. The molecular formula is C26H34N4O3S. The van der Waals surface area contributed by atoms with Crippen molar-refractivity contribution in [2.24, 2.45) is 0 Å². The van der Waals surface area contributed by atoms with E-state index in [9.17, 15) is 13.2 Å². The largest absolute Gasteiger partial charge is 0.349 e. The molecule has 1 aliphatic rings. The zero-order valence-electron chi connectivity index (χ0n) is 20.3. The van der Waals surface area contributed by atoms with Crippen molar-refractivity contribution in [1.29, 1.82) is 0 Å². The van der Waals surface area contributed by atoms with Crippen LogP contribution in [0.15, 0.2) is 47.4 Å². The molecule has 0 fully saturated rings. The molecule has 0 radical (unpaired) electrons. The average Bonchev–Trinajstić information content (AvgIpc) is 3.39. The number of benzene rings is 2. The van der Waals surface area contributed by atoms with Crippen molar-refractivity contribution in [2.45, 2.75) is 70.4 Å². The number of carbonyl (C=O) groups is 1. The summed E-state index contributed by atoms with van der Waals surface area (Å²) < 4.78 is 29.5. The Labute approximate surface area is 202 Å². The van der Waals surface area contributed by atoms with Gasteiger partial charge in [0.2, 0.25) is 15.9 Å². The summed E-state index contributed by atoms with van der Waals surface area (Å²) in [5, 5.41) is 3.18. The number of amides is 1. The fourth-order valence-electron chi connectivity index (χ4n) is 4.90. The smallest absolute Gasteiger partial charge is 0.243 e. The second-order valence-corrected chi connectivity index (χ2v) is 10.7. The van der Waals surface area contributed by atoms with Crippen LogP contribution in [0.1, 0.15) is 63.0 Å². The Morgan fingerprint density at radius 1 is 1.15 bits per heavy atom. The van der Waals surface area contributed by atoms with Gasteiger partial charge in [0.05, 0.1) is 22.0 Å². The van der Waals surface area contributed by atoms with Crippen molar-refractivity contribution in [1.82, 2.24) is 19.2 Å². The Balaban J connectivity index is 1.52. The number of rotatable bonds is 10. The van der Waals surface area contributed by atoms with Crippen molar-refractivity contribution in [2.75, 3.05) is 13.1 Å². The molecule has 1 aliphatic carbocycles. The molecular weight excluding hydrogens is 448 g/mol. The standard InChI is InChI=1S/C26H34N4O3S/c1-4-17-30-24-14-12-20(34(32,33)29(5-2)6-3)18-23(24)27-25(30)15-16-26(31)28-22-13-11-19-9-7-8-10-21(19)22/h7-10,12,14,18,22H,4-6,11,13,15-17H2,1-3H3,(H,28,31). The van der Waals surface area contributed by atoms with Crippen LogP contribution < -0.4 is 5.32 Å². The van der Waals surface area contributed by atoms with Gasteiger partial charge in [-0.25, -0.2) is 13.4 Å². The highest BCUT2D eigenvalue weighted by atomic mass is 32.2. The molecule has 4 rings (SSSR count). The monoisotopic (exact) mass is 482 g/mol. The molecule has 1 aromatic heterocycles. The predicted molar refractivity (Wildman–Crippen MR) is 134 cm³/mol. The number of sulfonamides is 1. The van der Waals surface area contributed by atoms with Gasteiger partial charge in [-0.1, -0.05) is 45.0 Å². The molecule has 34 heavy (non-hydrogen) atoms. The normalized spacial score (nSPS) is 15.7. The second kappa shape index (κ2) is 10.3. The first-order valence-corrected chi connectivity index (χ1v) is 13.7. The van der Waals surface area contributed by atoms with Gasteiger partial charge in [-0.3, -0.25) is 4.79 Å². The third kappa shape index (κ3) is 4.74. The predicted octanol–water partition coefficient (Wildman–Crippen LogP) is 4.21. The number of aryl methyl sites for hydroxylation is 3. The van der Waals surface area contributed by atoms with Crippen LogP contribution in [0.3, 0.4) is 0 Å². The molecule has 0 aliphatic heterocycles. The summed E-state index contributed by atoms with van der Waals surface area (Å²) in [6.07, 6.45) is 3.70. The number of hydrogen-bond donors (Lipinski definition) is 1. The van der Waals surface area contributed by atoms with Crippen molar-refractivity contribution < 1.29 is 13.2 Å². The first kappa shape index (κ1) is 24.4. The molecule has 3 aromatic rings. The molecule has 0 saturated carbocycles. The van der Waals surface area contributed by atoms with E-state index in [0.717, 1.165) is 37.1 Å². The molecule has 0 bridgehead atoms. The number of aromatic nitrogens is 2. The van der Waals surface area contributed by atoms with Crippen molar-refractivity contribution >= 4 is 27.0 Å². The van der Waals surface area contributed by atoms with E-state index in [1.165, 1.54) is 15.4 Å². The van der Waals surface area contributed by atoms with Gasteiger partial charge in [0.25, 0.3) is 0 Å². The molecule has 1 atom stereocenters. The first-order chi connectivity index (χ1) is 16.4. The van der Waals surface area contributed by atoms with Gasteiger partial charge in [0.1, 0.15) is 5.82 Å². The van der Waals surface area contributed by atoms with Gasteiger partial charge >= 0.3 is 0 Å². The lowest BCUT2D eigenvalue weighted by atomic mass is 10.1. The summed E-state index contributed by atoms with van der Waals surface area (Å²) in [5.41, 5.74) is 4.09. The van der Waals surface area contributed by atoms with Crippen LogP contribution in [0, 0.1) is 0 Å². The first-order valence-electron chi connectivity index (χ1n) is 12.3. The highest BCUT2D eigenvalue weighted by molar-refractivity contribution is 7.89. The van der Waals surface area contributed by atoms with E-state index < -0.39 is 10.0 Å². The zero-order valence-corrected chi connectivity index (χ0v) is 21.1. The minimum absolute atomic E-state index is 0.0154. The fourth-order valence-corrected chi connectivity index (χ4v) is 6.37. The molecule has 1 N–H and O–H groups in total. The van der Waals surface area contributed by atoms with Gasteiger partial charge < -0.3 is 9.88 Å². The Kier molecular flexibility index (Phi) is 7.38. The summed E-state index contributed by atoms with van der Waals surface area (Å²) >= 11 is 0. The zero-order chi connectivity index (χ0) is 24.3. The topological polar surface area (TPSA) is 84.3 Å². The summed E-state index contributed by atoms with van der Waals surface area (Å²) in [7, 11) is -3.55. The summed E-state index contributed by atoms with van der Waals surface area (Å²) in [6.45, 7) is 7.39. The van der Waals surface area contributed by atoms with E-state index in [1.807, 2.05) is 32.0 Å². The Hall–Kier alpha value is -2.71. The maximum absolute atomic E-state index is 13.0. The van der Waals surface area contributed by atoms with Crippen LogP contribution in [0.4, 0.5) is 0 Å². The molecule has 8 heteroatoms. The van der Waals surface area contributed by atoms with Crippen LogP contribution in [0.5, 0.6) is 0 Å². The lowest BCUT2D eigenvalue weighted by Crippen LogP contribution is -2.30. The summed E-state index contributed by atoms with van der Waals surface area (Å²) in [6, 6.07) is 13.5. The third-order valence-electron chi connectivity index (χ3n) is 6.63. The van der Waals surface area contributed by atoms with E-state index in [-0.39, 0.29) is 16.8 Å². The Morgan fingerprint density at radius 3 is 2.65 bits per heavy atom. The SMILES string of the molecule is CCCn1c(CCC(=O)NC2CCc3ccccc32)nc2cc(S(=O)(=O)N(CC)CC)ccc21. The quantitative estimate of drug-likeness (QED) is 0.469. The molecule has 7 nitrogen and oxygen atoms in total. The van der Waals surface area contributed by atoms with Crippen molar-refractivity contribution in [3.63, 3.8) is 0 Å². The van der Waals surface area contributed by atoms with Gasteiger partial charge in [0.15, 0.2) is 0 Å². The lowest BCUT2D eigenvalue weighted by Gasteiger charge is -2.18. The molecule has 1 amide bonds. The van der Waals surface area contributed by atoms with Crippen LogP contribution in [-0.2, 0) is 34.2 Å². The summed E-state index contributed by atoms with van der Waals surface area (Å²) in [5.74, 6) is 0.831. The Morgan fingerprint density at radius 2 is 1.91 bits per heavy atom. The Bertz CT molecular complexity index is 1280. The minimum Gasteiger partial charge on any atom is -0.349 e. The van der Waals surface area contributed by atoms with Crippen LogP contribution in [0.25, 0.3) is 11.0 Å². The lowest BCUT2D eigenvalue weighted by molar-refractivity contribution is -0.121. The average molecular weight is 483 g/mol. The van der Waals surface area contributed by atoms with Crippen LogP contribution in [0.2, 0.25) is 0 Å². The van der Waals surface area contributed by atoms with Gasteiger partial charge in [0, 0.05) is 32.5 Å². The molecule has 0 spiro atoms.